The summed E-state index contributed by atoms with van der Waals surface area (Å²) in [4.78, 5) is 0.425. The van der Waals surface area contributed by atoms with Crippen molar-refractivity contribution in [3.8, 4) is 0 Å². The molecule has 1 fully saturated rings. The van der Waals surface area contributed by atoms with Crippen molar-refractivity contribution in [3.63, 3.8) is 0 Å². The van der Waals surface area contributed by atoms with Gasteiger partial charge in [-0.3, -0.25) is 0 Å². The first-order valence-electron chi connectivity index (χ1n) is 6.42. The molecule has 1 aliphatic rings. The highest BCUT2D eigenvalue weighted by Gasteiger charge is 2.39. The number of alkyl halides is 1. The monoisotopic (exact) mass is 288 g/mol. The molecule has 0 aromatic carbocycles. The van der Waals surface area contributed by atoms with E-state index in [-0.39, 0.29) is 5.60 Å². The summed E-state index contributed by atoms with van der Waals surface area (Å²) in [5.41, 5.74) is 0.0192. The zero-order valence-electron chi connectivity index (χ0n) is 10.8. The minimum absolute atomic E-state index is 0.0192. The normalized spacial score (nSPS) is 37.0. The molecule has 0 saturated carbocycles. The maximum Gasteiger partial charge on any atom is 0.0780 e. The minimum Gasteiger partial charge on any atom is -0.371 e. The van der Waals surface area contributed by atoms with Crippen LogP contribution in [0.1, 0.15) is 52.9 Å². The summed E-state index contributed by atoms with van der Waals surface area (Å²) in [7, 11) is 0. The Bertz CT molecular complexity index is 227. The van der Waals surface area contributed by atoms with Crippen molar-refractivity contribution in [3.05, 3.63) is 12.7 Å². The molecule has 0 N–H and O–H groups in total. The molecule has 0 aromatic heterocycles. The number of hydrogen-bond donors (Lipinski definition) is 0. The van der Waals surface area contributed by atoms with Crippen LogP contribution < -0.4 is 0 Å². The van der Waals surface area contributed by atoms with Gasteiger partial charge in [0, 0.05) is 4.83 Å². The summed E-state index contributed by atoms with van der Waals surface area (Å²) < 4.78 is 6.31. The highest BCUT2D eigenvalue weighted by atomic mass is 79.9. The van der Waals surface area contributed by atoms with E-state index in [4.69, 9.17) is 4.74 Å². The minimum atomic E-state index is 0.0192. The molecule has 0 amide bonds. The van der Waals surface area contributed by atoms with Crippen molar-refractivity contribution < 1.29 is 4.74 Å². The smallest absolute Gasteiger partial charge is 0.0780 e. The van der Waals surface area contributed by atoms with Crippen molar-refractivity contribution in [1.29, 1.82) is 0 Å². The van der Waals surface area contributed by atoms with Crippen molar-refractivity contribution in [2.45, 2.75) is 69.4 Å². The Morgan fingerprint density at radius 3 is 2.88 bits per heavy atom. The van der Waals surface area contributed by atoms with Gasteiger partial charge in [0.15, 0.2) is 0 Å². The third-order valence-electron chi connectivity index (χ3n) is 3.89. The largest absolute Gasteiger partial charge is 0.371 e. The molecule has 1 rings (SSSR count). The predicted molar refractivity (Wildman–Crippen MR) is 74.1 cm³/mol. The van der Waals surface area contributed by atoms with Crippen LogP contribution >= 0.6 is 15.9 Å². The van der Waals surface area contributed by atoms with Crippen LogP contribution in [0.3, 0.4) is 0 Å². The summed E-state index contributed by atoms with van der Waals surface area (Å²) in [6.07, 6.45) is 8.35. The van der Waals surface area contributed by atoms with E-state index in [1.165, 1.54) is 25.7 Å². The van der Waals surface area contributed by atoms with Gasteiger partial charge >= 0.3 is 0 Å². The lowest BCUT2D eigenvalue weighted by molar-refractivity contribution is -0.140. The molecule has 1 aliphatic heterocycles. The van der Waals surface area contributed by atoms with Crippen LogP contribution in [0.2, 0.25) is 0 Å². The van der Waals surface area contributed by atoms with Gasteiger partial charge in [0.2, 0.25) is 0 Å². The zero-order valence-corrected chi connectivity index (χ0v) is 12.4. The number of hydrogen-bond acceptors (Lipinski definition) is 1. The summed E-state index contributed by atoms with van der Waals surface area (Å²) in [5.74, 6) is 0.698. The molecule has 1 saturated heterocycles. The molecule has 1 nitrogen and oxygen atoms in total. The zero-order chi connectivity index (χ0) is 12.2. The molecule has 0 spiro atoms. The lowest BCUT2D eigenvalue weighted by Crippen LogP contribution is -2.46. The van der Waals surface area contributed by atoms with Gasteiger partial charge in [0.05, 0.1) is 11.7 Å². The van der Waals surface area contributed by atoms with Crippen LogP contribution in [0, 0.1) is 5.92 Å². The third kappa shape index (κ3) is 3.59. The lowest BCUT2D eigenvalue weighted by Gasteiger charge is -2.44. The van der Waals surface area contributed by atoms with Gasteiger partial charge in [-0.15, -0.1) is 6.58 Å². The second kappa shape index (κ2) is 6.20. The molecule has 16 heavy (non-hydrogen) atoms. The van der Waals surface area contributed by atoms with E-state index in [2.05, 4.69) is 43.3 Å². The van der Waals surface area contributed by atoms with Crippen molar-refractivity contribution in [2.24, 2.45) is 5.92 Å². The molecule has 2 heteroatoms. The second-order valence-electron chi connectivity index (χ2n) is 5.32. The second-order valence-corrected chi connectivity index (χ2v) is 6.69. The first kappa shape index (κ1) is 14.2. The molecule has 0 bridgehead atoms. The number of ether oxygens (including phenoxy) is 1. The van der Waals surface area contributed by atoms with Gasteiger partial charge in [-0.05, 0) is 51.9 Å². The molecule has 94 valence electrons. The fourth-order valence-electron chi connectivity index (χ4n) is 2.32. The maximum absolute atomic E-state index is 6.31. The van der Waals surface area contributed by atoms with Crippen molar-refractivity contribution >= 4 is 15.9 Å². The summed E-state index contributed by atoms with van der Waals surface area (Å²) in [6.45, 7) is 10.5. The SMILES string of the molecule is C=CCCCC1OC(C)(C(C)Br)CCC1C. The summed E-state index contributed by atoms with van der Waals surface area (Å²) in [6, 6.07) is 0. The van der Waals surface area contributed by atoms with E-state index in [9.17, 15) is 0 Å². The first-order chi connectivity index (χ1) is 7.49. The van der Waals surface area contributed by atoms with Gasteiger partial charge in [0.25, 0.3) is 0 Å². The van der Waals surface area contributed by atoms with E-state index < -0.39 is 0 Å². The lowest BCUT2D eigenvalue weighted by atomic mass is 9.83. The van der Waals surface area contributed by atoms with Gasteiger partial charge in [-0.1, -0.05) is 28.9 Å². The van der Waals surface area contributed by atoms with Crippen LogP contribution in [-0.2, 0) is 4.74 Å². The predicted octanol–water partition coefficient (Wildman–Crippen LogP) is 4.70. The number of rotatable bonds is 5. The Balaban J connectivity index is 2.51. The fourth-order valence-corrected chi connectivity index (χ4v) is 2.66. The molecular weight excluding hydrogens is 264 g/mol. The van der Waals surface area contributed by atoms with E-state index >= 15 is 0 Å². The Labute approximate surface area is 109 Å². The van der Waals surface area contributed by atoms with E-state index in [0.717, 1.165) is 6.42 Å². The van der Waals surface area contributed by atoms with Crippen molar-refractivity contribution in [1.82, 2.24) is 0 Å². The molecule has 4 unspecified atom stereocenters. The molecular formula is C14H25BrO. The summed E-state index contributed by atoms with van der Waals surface area (Å²) in [5, 5.41) is 0. The van der Waals surface area contributed by atoms with Crippen LogP contribution in [-0.4, -0.2) is 16.5 Å². The van der Waals surface area contributed by atoms with Gasteiger partial charge in [0.1, 0.15) is 0 Å². The Morgan fingerprint density at radius 2 is 2.31 bits per heavy atom. The van der Waals surface area contributed by atoms with E-state index in [0.29, 0.717) is 16.8 Å². The maximum atomic E-state index is 6.31. The fraction of sp³-hybridized carbons (Fsp3) is 0.857. The van der Waals surface area contributed by atoms with Gasteiger partial charge < -0.3 is 4.74 Å². The Kier molecular flexibility index (Phi) is 5.52. The number of allylic oxidation sites excluding steroid dienone is 1. The number of halogens is 1. The topological polar surface area (TPSA) is 9.23 Å². The molecule has 0 aliphatic carbocycles. The standard InChI is InChI=1S/C14H25BrO/c1-5-6-7-8-13-11(2)9-10-14(4,16-13)12(3)15/h5,11-13H,1,6-10H2,2-4H3. The van der Waals surface area contributed by atoms with Crippen LogP contribution in [0.4, 0.5) is 0 Å². The van der Waals surface area contributed by atoms with Crippen LogP contribution in [0.5, 0.6) is 0 Å². The Morgan fingerprint density at radius 1 is 1.62 bits per heavy atom. The third-order valence-corrected chi connectivity index (χ3v) is 4.86. The number of unbranched alkanes of at least 4 members (excludes halogenated alkanes) is 1. The van der Waals surface area contributed by atoms with Gasteiger partial charge in [-0.2, -0.15) is 0 Å². The highest BCUT2D eigenvalue weighted by Crippen LogP contribution is 2.38. The van der Waals surface area contributed by atoms with E-state index in [1.54, 1.807) is 0 Å². The molecule has 1 heterocycles. The molecule has 4 atom stereocenters. The Hall–Kier alpha value is 0.180. The summed E-state index contributed by atoms with van der Waals surface area (Å²) >= 11 is 3.68. The van der Waals surface area contributed by atoms with Gasteiger partial charge in [-0.25, -0.2) is 0 Å². The average molecular weight is 289 g/mol. The quantitative estimate of drug-likeness (QED) is 0.405. The highest BCUT2D eigenvalue weighted by molar-refractivity contribution is 9.09. The molecule has 0 aromatic rings. The average Bonchev–Trinajstić information content (AvgIpc) is 2.23. The van der Waals surface area contributed by atoms with Crippen molar-refractivity contribution in [2.75, 3.05) is 0 Å². The van der Waals surface area contributed by atoms with Crippen LogP contribution in [0.25, 0.3) is 0 Å². The molecule has 0 radical (unpaired) electrons. The van der Waals surface area contributed by atoms with E-state index in [1.807, 2.05) is 6.08 Å². The first-order valence-corrected chi connectivity index (χ1v) is 7.34. The van der Waals surface area contributed by atoms with Crippen LogP contribution in [0.15, 0.2) is 12.7 Å².